The summed E-state index contributed by atoms with van der Waals surface area (Å²) in [5, 5.41) is 7.54. The van der Waals surface area contributed by atoms with Gasteiger partial charge in [0.1, 0.15) is 24.0 Å². The number of benzene rings is 1. The van der Waals surface area contributed by atoms with Gasteiger partial charge in [0.15, 0.2) is 5.82 Å². The van der Waals surface area contributed by atoms with Crippen molar-refractivity contribution in [3.8, 4) is 5.75 Å². The van der Waals surface area contributed by atoms with E-state index in [4.69, 9.17) is 4.74 Å². The lowest BCUT2D eigenvalue weighted by Crippen LogP contribution is -2.31. The van der Waals surface area contributed by atoms with Gasteiger partial charge in [-0.25, -0.2) is 9.37 Å². The lowest BCUT2D eigenvalue weighted by molar-refractivity contribution is 0.228. The molecular weight excluding hydrogens is 259 g/mol. The van der Waals surface area contributed by atoms with Crippen LogP contribution in [0.5, 0.6) is 5.75 Å². The Bertz CT molecular complexity index is 599. The van der Waals surface area contributed by atoms with Crippen LogP contribution in [0, 0.1) is 5.82 Å². The molecule has 106 valence electrons. The van der Waals surface area contributed by atoms with E-state index in [9.17, 15) is 4.39 Å². The van der Waals surface area contributed by atoms with Crippen molar-refractivity contribution in [3.63, 3.8) is 0 Å². The lowest BCUT2D eigenvalue weighted by atomic mass is 10.1. The summed E-state index contributed by atoms with van der Waals surface area (Å²) in [4.78, 5) is 4.17. The molecule has 1 aliphatic rings. The van der Waals surface area contributed by atoms with Crippen molar-refractivity contribution in [2.24, 2.45) is 7.05 Å². The number of halogens is 1. The largest absolute Gasteiger partial charge is 0.488 e. The van der Waals surface area contributed by atoms with Crippen molar-refractivity contribution in [2.75, 3.05) is 13.1 Å². The summed E-state index contributed by atoms with van der Waals surface area (Å²) < 4.78 is 20.5. The molecular formula is C14H17FN4O. The quantitative estimate of drug-likeness (QED) is 0.831. The fraction of sp³-hybridized carbons (Fsp3) is 0.429. The fourth-order valence-electron chi connectivity index (χ4n) is 2.36. The van der Waals surface area contributed by atoms with Crippen molar-refractivity contribution < 1.29 is 9.13 Å². The smallest absolute Gasteiger partial charge is 0.151 e. The molecule has 0 aliphatic carbocycles. The molecule has 3 rings (SSSR count). The zero-order valence-electron chi connectivity index (χ0n) is 11.3. The molecule has 0 spiro atoms. The predicted octanol–water partition coefficient (Wildman–Crippen LogP) is 1.09. The Kier molecular flexibility index (Phi) is 3.64. The highest BCUT2D eigenvalue weighted by molar-refractivity contribution is 5.37. The number of rotatable bonds is 5. The second-order valence-electron chi connectivity index (χ2n) is 4.98. The van der Waals surface area contributed by atoms with Crippen LogP contribution in [-0.4, -0.2) is 34.0 Å². The molecule has 1 N–H and O–H groups in total. The first-order chi connectivity index (χ1) is 9.70. The van der Waals surface area contributed by atoms with Crippen molar-refractivity contribution in [2.45, 2.75) is 18.9 Å². The summed E-state index contributed by atoms with van der Waals surface area (Å²) in [5.41, 5.74) is 0.947. The maximum Gasteiger partial charge on any atom is 0.151 e. The van der Waals surface area contributed by atoms with Crippen molar-refractivity contribution >= 4 is 0 Å². The first-order valence-electron chi connectivity index (χ1n) is 6.71. The minimum atomic E-state index is -0.206. The molecule has 1 atom stereocenters. The van der Waals surface area contributed by atoms with Crippen LogP contribution in [0.15, 0.2) is 24.5 Å². The standard InChI is InChI=1S/C14H17FN4O/c1-19-9-17-14(18-19)4-5-16-8-12-7-10-6-11(15)2-3-13(10)20-12/h2-3,6,9,12,16H,4-5,7-8H2,1H3. The van der Waals surface area contributed by atoms with Gasteiger partial charge in [0.2, 0.25) is 0 Å². The highest BCUT2D eigenvalue weighted by Gasteiger charge is 2.22. The molecule has 0 saturated carbocycles. The third-order valence-corrected chi connectivity index (χ3v) is 3.31. The summed E-state index contributed by atoms with van der Waals surface area (Å²) in [6, 6.07) is 4.68. The third-order valence-electron chi connectivity index (χ3n) is 3.31. The zero-order valence-corrected chi connectivity index (χ0v) is 11.3. The monoisotopic (exact) mass is 276 g/mol. The van der Waals surface area contributed by atoms with Crippen LogP contribution in [0.25, 0.3) is 0 Å². The fourth-order valence-corrected chi connectivity index (χ4v) is 2.36. The summed E-state index contributed by atoms with van der Waals surface area (Å²) in [7, 11) is 1.85. The van der Waals surface area contributed by atoms with Gasteiger partial charge in [-0.3, -0.25) is 4.68 Å². The topological polar surface area (TPSA) is 52.0 Å². The molecule has 20 heavy (non-hydrogen) atoms. The van der Waals surface area contributed by atoms with E-state index < -0.39 is 0 Å². The first-order valence-corrected chi connectivity index (χ1v) is 6.71. The Morgan fingerprint density at radius 2 is 2.40 bits per heavy atom. The predicted molar refractivity (Wildman–Crippen MR) is 72.1 cm³/mol. The van der Waals surface area contributed by atoms with Crippen LogP contribution in [0.3, 0.4) is 0 Å². The Balaban J connectivity index is 1.42. The van der Waals surface area contributed by atoms with Gasteiger partial charge in [-0.1, -0.05) is 0 Å². The molecule has 1 aromatic carbocycles. The minimum absolute atomic E-state index is 0.0727. The molecule has 0 fully saturated rings. The highest BCUT2D eigenvalue weighted by atomic mass is 19.1. The van der Waals surface area contributed by atoms with Gasteiger partial charge < -0.3 is 10.1 Å². The van der Waals surface area contributed by atoms with Gasteiger partial charge in [0, 0.05) is 38.5 Å². The zero-order chi connectivity index (χ0) is 13.9. The number of hydrogen-bond acceptors (Lipinski definition) is 4. The molecule has 2 heterocycles. The maximum absolute atomic E-state index is 13.1. The Morgan fingerprint density at radius 3 is 3.20 bits per heavy atom. The second kappa shape index (κ2) is 5.58. The molecule has 0 bridgehead atoms. The average Bonchev–Trinajstić information content (AvgIpc) is 3.00. The molecule has 6 heteroatoms. The number of nitrogens with one attached hydrogen (secondary N) is 1. The average molecular weight is 276 g/mol. The number of aromatic nitrogens is 3. The maximum atomic E-state index is 13.1. The van der Waals surface area contributed by atoms with E-state index in [1.54, 1.807) is 23.1 Å². The van der Waals surface area contributed by atoms with Crippen molar-refractivity contribution in [1.82, 2.24) is 20.1 Å². The van der Waals surface area contributed by atoms with Gasteiger partial charge >= 0.3 is 0 Å². The SMILES string of the molecule is Cn1cnc(CCNCC2Cc3cc(F)ccc3O2)n1. The van der Waals surface area contributed by atoms with Crippen LogP contribution in [0.2, 0.25) is 0 Å². The Labute approximate surface area is 116 Å². The van der Waals surface area contributed by atoms with Crippen LogP contribution in [0.4, 0.5) is 4.39 Å². The third kappa shape index (κ3) is 2.96. The van der Waals surface area contributed by atoms with E-state index in [0.29, 0.717) is 0 Å². The number of hydrogen-bond donors (Lipinski definition) is 1. The van der Waals surface area contributed by atoms with Gasteiger partial charge in [-0.05, 0) is 18.2 Å². The van der Waals surface area contributed by atoms with Gasteiger partial charge in [-0.2, -0.15) is 5.10 Å². The van der Waals surface area contributed by atoms with Gasteiger partial charge in [0.25, 0.3) is 0 Å². The normalized spacial score (nSPS) is 17.0. The molecule has 1 unspecified atom stereocenters. The van der Waals surface area contributed by atoms with E-state index in [-0.39, 0.29) is 11.9 Å². The summed E-state index contributed by atoms with van der Waals surface area (Å²) >= 11 is 0. The highest BCUT2D eigenvalue weighted by Crippen LogP contribution is 2.28. The van der Waals surface area contributed by atoms with Crippen LogP contribution in [0.1, 0.15) is 11.4 Å². The van der Waals surface area contributed by atoms with E-state index in [1.807, 2.05) is 7.05 Å². The molecule has 2 aromatic rings. The van der Waals surface area contributed by atoms with Crippen LogP contribution < -0.4 is 10.1 Å². The number of aryl methyl sites for hydroxylation is 1. The Hall–Kier alpha value is -1.95. The molecule has 1 aliphatic heterocycles. The first kappa shape index (κ1) is 13.1. The Morgan fingerprint density at radius 1 is 1.50 bits per heavy atom. The van der Waals surface area contributed by atoms with E-state index in [0.717, 1.165) is 43.1 Å². The molecule has 0 saturated heterocycles. The number of ether oxygens (including phenoxy) is 1. The van der Waals surface area contributed by atoms with Crippen molar-refractivity contribution in [1.29, 1.82) is 0 Å². The molecule has 1 aromatic heterocycles. The molecule has 0 amide bonds. The van der Waals surface area contributed by atoms with E-state index in [2.05, 4.69) is 15.4 Å². The number of fused-ring (bicyclic) bond motifs is 1. The molecule has 5 nitrogen and oxygen atoms in total. The summed E-state index contributed by atoms with van der Waals surface area (Å²) in [6.45, 7) is 1.54. The van der Waals surface area contributed by atoms with Crippen molar-refractivity contribution in [3.05, 3.63) is 41.7 Å². The van der Waals surface area contributed by atoms with Gasteiger partial charge in [0.05, 0.1) is 0 Å². The van der Waals surface area contributed by atoms with E-state index in [1.165, 1.54) is 6.07 Å². The summed E-state index contributed by atoms with van der Waals surface area (Å²) in [6.07, 6.45) is 3.31. The van der Waals surface area contributed by atoms with Crippen LogP contribution >= 0.6 is 0 Å². The van der Waals surface area contributed by atoms with Gasteiger partial charge in [-0.15, -0.1) is 0 Å². The second-order valence-corrected chi connectivity index (χ2v) is 4.98. The van der Waals surface area contributed by atoms with E-state index >= 15 is 0 Å². The molecule has 0 radical (unpaired) electrons. The minimum Gasteiger partial charge on any atom is -0.488 e. The summed E-state index contributed by atoms with van der Waals surface area (Å²) in [5.74, 6) is 1.42. The van der Waals surface area contributed by atoms with Crippen LogP contribution in [-0.2, 0) is 19.9 Å². The lowest BCUT2D eigenvalue weighted by Gasteiger charge is -2.11. The number of nitrogens with zero attached hydrogens (tertiary/aromatic N) is 3.